The van der Waals surface area contributed by atoms with Crippen LogP contribution in [0.4, 0.5) is 5.69 Å². The Morgan fingerprint density at radius 1 is 1.26 bits per heavy atom. The number of hydrogen-bond acceptors (Lipinski definition) is 8. The van der Waals surface area contributed by atoms with Crippen LogP contribution < -0.4 is 10.6 Å². The van der Waals surface area contributed by atoms with Gasteiger partial charge in [-0.2, -0.15) is 0 Å². The number of aliphatic imine (C=N–C) groups is 1. The van der Waals surface area contributed by atoms with Crippen molar-refractivity contribution in [3.8, 4) is 0 Å². The number of furan rings is 1. The molecule has 2 aromatic rings. The van der Waals surface area contributed by atoms with Gasteiger partial charge in [0, 0.05) is 30.1 Å². The van der Waals surface area contributed by atoms with Gasteiger partial charge < -0.3 is 15.1 Å². The van der Waals surface area contributed by atoms with Crippen LogP contribution in [-0.4, -0.2) is 66.3 Å². The van der Waals surface area contributed by atoms with E-state index in [4.69, 9.17) is 4.42 Å². The summed E-state index contributed by atoms with van der Waals surface area (Å²) in [5.74, 6) is 1.26. The lowest BCUT2D eigenvalue weighted by Crippen LogP contribution is -2.39. The second kappa shape index (κ2) is 11.0. The van der Waals surface area contributed by atoms with E-state index >= 15 is 0 Å². The molecule has 0 aliphatic carbocycles. The van der Waals surface area contributed by atoms with E-state index < -0.39 is 9.84 Å². The van der Waals surface area contributed by atoms with Crippen LogP contribution >= 0.6 is 11.8 Å². The molecule has 0 radical (unpaired) electrons. The van der Waals surface area contributed by atoms with E-state index in [1.54, 1.807) is 6.26 Å². The summed E-state index contributed by atoms with van der Waals surface area (Å²) >= 11 is 1.49. The number of hydrogen-bond donors (Lipinski definition) is 2. The summed E-state index contributed by atoms with van der Waals surface area (Å²) in [5.41, 5.74) is 1.81. The van der Waals surface area contributed by atoms with Gasteiger partial charge in [-0.1, -0.05) is 30.8 Å². The summed E-state index contributed by atoms with van der Waals surface area (Å²) < 4.78 is 28.9. The number of anilines is 1. The highest BCUT2D eigenvalue weighted by molar-refractivity contribution is 8.15. The van der Waals surface area contributed by atoms with Crippen LogP contribution in [0.2, 0.25) is 0 Å². The van der Waals surface area contributed by atoms with Crippen LogP contribution in [0, 0.1) is 0 Å². The first-order valence-electron chi connectivity index (χ1n) is 11.7. The maximum absolute atomic E-state index is 12.4. The zero-order chi connectivity index (χ0) is 24.1. The van der Waals surface area contributed by atoms with Gasteiger partial charge in [-0.05, 0) is 43.2 Å². The number of carbonyl (C=O) groups is 1. The minimum atomic E-state index is -2.95. The highest BCUT2D eigenvalue weighted by Gasteiger charge is 2.42. The normalized spacial score (nSPS) is 21.8. The van der Waals surface area contributed by atoms with Crippen molar-refractivity contribution >= 4 is 38.4 Å². The molecule has 2 aliphatic heterocycles. The van der Waals surface area contributed by atoms with Crippen molar-refractivity contribution in [1.82, 2.24) is 10.2 Å². The van der Waals surface area contributed by atoms with Gasteiger partial charge in [0.25, 0.3) is 0 Å². The topological polar surface area (TPSA) is 104 Å². The summed E-state index contributed by atoms with van der Waals surface area (Å²) in [7, 11) is -2.95. The molecular weight excluding hydrogens is 472 g/mol. The van der Waals surface area contributed by atoms with Gasteiger partial charge in [0.2, 0.25) is 5.91 Å². The largest absolute Gasteiger partial charge is 0.468 e. The molecule has 0 bridgehead atoms. The molecule has 0 spiro atoms. The third-order valence-corrected chi connectivity index (χ3v) is 9.40. The third kappa shape index (κ3) is 6.64. The van der Waals surface area contributed by atoms with E-state index in [9.17, 15) is 13.2 Å². The van der Waals surface area contributed by atoms with Crippen LogP contribution in [0.25, 0.3) is 0 Å². The first kappa shape index (κ1) is 24.8. The molecule has 1 aromatic carbocycles. The van der Waals surface area contributed by atoms with Crippen LogP contribution in [0.3, 0.4) is 0 Å². The zero-order valence-corrected chi connectivity index (χ0v) is 21.2. The maximum Gasteiger partial charge on any atom is 0.224 e. The lowest BCUT2D eigenvalue weighted by Gasteiger charge is -2.27. The highest BCUT2D eigenvalue weighted by atomic mass is 32.2. The van der Waals surface area contributed by atoms with Crippen LogP contribution in [0.1, 0.15) is 31.6 Å². The number of nitrogens with zero attached hydrogens (tertiary/aromatic N) is 2. The summed E-state index contributed by atoms with van der Waals surface area (Å²) in [6.07, 6.45) is 3.03. The number of benzene rings is 1. The number of amidine groups is 1. The number of thioether (sulfide) groups is 1. The number of amides is 1. The van der Waals surface area contributed by atoms with E-state index in [2.05, 4.69) is 34.4 Å². The quantitative estimate of drug-likeness (QED) is 0.513. The van der Waals surface area contributed by atoms with Crippen LogP contribution in [0.15, 0.2) is 52.1 Å². The summed E-state index contributed by atoms with van der Waals surface area (Å²) in [4.78, 5) is 19.3. The molecule has 3 atom stereocenters. The third-order valence-electron chi connectivity index (χ3n) is 6.26. The average Bonchev–Trinajstić information content (AvgIpc) is 3.49. The molecule has 8 nitrogen and oxygen atoms in total. The molecule has 0 saturated carbocycles. The average molecular weight is 505 g/mol. The molecule has 1 aromatic heterocycles. The zero-order valence-electron chi connectivity index (χ0n) is 19.6. The van der Waals surface area contributed by atoms with Crippen molar-refractivity contribution < 1.29 is 17.6 Å². The van der Waals surface area contributed by atoms with E-state index in [1.807, 2.05) is 36.4 Å². The van der Waals surface area contributed by atoms with Gasteiger partial charge in [0.05, 0.1) is 36.8 Å². The molecule has 1 amide bonds. The van der Waals surface area contributed by atoms with Crippen molar-refractivity contribution in [1.29, 1.82) is 0 Å². The van der Waals surface area contributed by atoms with Gasteiger partial charge in [-0.3, -0.25) is 14.7 Å². The van der Waals surface area contributed by atoms with E-state index in [0.29, 0.717) is 19.0 Å². The number of rotatable bonds is 10. The van der Waals surface area contributed by atoms with Crippen LogP contribution in [-0.2, 0) is 27.6 Å². The van der Waals surface area contributed by atoms with Crippen molar-refractivity contribution in [2.24, 2.45) is 4.99 Å². The first-order chi connectivity index (χ1) is 16.3. The second-order valence-corrected chi connectivity index (χ2v) is 12.3. The Kier molecular flexibility index (Phi) is 8.00. The summed E-state index contributed by atoms with van der Waals surface area (Å²) in [6, 6.07) is 11.8. The molecule has 184 valence electrons. The minimum Gasteiger partial charge on any atom is -0.468 e. The second-order valence-electron chi connectivity index (χ2n) is 8.89. The van der Waals surface area contributed by atoms with Crippen molar-refractivity contribution in [2.75, 3.05) is 29.9 Å². The summed E-state index contributed by atoms with van der Waals surface area (Å²) in [5, 5.41) is 7.07. The molecule has 4 rings (SSSR count). The standard InChI is InChI=1S/C24H32N4O4S2/c1-3-17(2)28(14-20-5-4-12-32-20)11-10-25-23(29)13-18-6-8-19(9-7-18)26-24-27-21-15-34(30,31)16-22(21)33-24/h4-9,12,17,21-22H,3,10-11,13-16H2,1-2H3,(H,25,29)(H,26,27)/t17?,21-,22+/m1/s1. The van der Waals surface area contributed by atoms with E-state index in [1.165, 1.54) is 11.8 Å². The lowest BCUT2D eigenvalue weighted by molar-refractivity contribution is -0.120. The fraction of sp³-hybridized carbons (Fsp3) is 0.500. The number of carbonyl (C=O) groups excluding carboxylic acids is 1. The van der Waals surface area contributed by atoms with E-state index in [0.717, 1.165) is 41.7 Å². The molecule has 2 N–H and O–H groups in total. The monoisotopic (exact) mass is 504 g/mol. The van der Waals surface area contributed by atoms with Gasteiger partial charge in [-0.25, -0.2) is 8.42 Å². The Morgan fingerprint density at radius 2 is 2.06 bits per heavy atom. The predicted molar refractivity (Wildman–Crippen MR) is 137 cm³/mol. The lowest BCUT2D eigenvalue weighted by atomic mass is 10.1. The number of nitrogens with one attached hydrogen (secondary N) is 2. The van der Waals surface area contributed by atoms with Gasteiger partial charge in [-0.15, -0.1) is 0 Å². The molecule has 10 heteroatoms. The fourth-order valence-corrected chi connectivity index (χ4v) is 7.82. The molecule has 1 fully saturated rings. The molecular formula is C24H32N4O4S2. The molecule has 1 saturated heterocycles. The minimum absolute atomic E-state index is 0.00688. The van der Waals surface area contributed by atoms with Crippen molar-refractivity contribution in [3.63, 3.8) is 0 Å². The Morgan fingerprint density at radius 3 is 2.74 bits per heavy atom. The smallest absolute Gasteiger partial charge is 0.224 e. The molecule has 2 aliphatic rings. The fourth-order valence-electron chi connectivity index (χ4n) is 4.15. The van der Waals surface area contributed by atoms with Gasteiger partial charge >= 0.3 is 0 Å². The first-order valence-corrected chi connectivity index (χ1v) is 14.4. The predicted octanol–water partition coefficient (Wildman–Crippen LogP) is 2.92. The number of sulfone groups is 1. The highest BCUT2D eigenvalue weighted by Crippen LogP contribution is 2.34. The SMILES string of the molecule is CCC(C)N(CCNC(=O)Cc1ccc(NC2=N[C@@H]3CS(=O)(=O)C[C@@H]3S2)cc1)Cc1ccco1. The molecule has 34 heavy (non-hydrogen) atoms. The van der Waals surface area contributed by atoms with Crippen LogP contribution in [0.5, 0.6) is 0 Å². The van der Waals surface area contributed by atoms with E-state index in [-0.39, 0.29) is 28.7 Å². The van der Waals surface area contributed by atoms with Crippen molar-refractivity contribution in [2.45, 2.75) is 50.6 Å². The van der Waals surface area contributed by atoms with Gasteiger partial charge in [0.1, 0.15) is 5.76 Å². The van der Waals surface area contributed by atoms with Gasteiger partial charge in [0.15, 0.2) is 15.0 Å². The molecule has 1 unspecified atom stereocenters. The summed E-state index contributed by atoms with van der Waals surface area (Å²) in [6.45, 7) is 6.41. The van der Waals surface area contributed by atoms with Crippen molar-refractivity contribution in [3.05, 3.63) is 54.0 Å². The number of fused-ring (bicyclic) bond motifs is 1. The maximum atomic E-state index is 12.4. The Balaban J connectivity index is 1.21. The Hall–Kier alpha value is -2.30. The molecule has 3 heterocycles. The Bertz CT molecular complexity index is 1100. The Labute approximate surface area is 205 Å².